The van der Waals surface area contributed by atoms with Crippen molar-refractivity contribution in [2.24, 2.45) is 0 Å². The molecule has 0 radical (unpaired) electrons. The fourth-order valence-electron chi connectivity index (χ4n) is 2.14. The molecule has 2 amide bonds. The fourth-order valence-corrected chi connectivity index (χ4v) is 2.14. The van der Waals surface area contributed by atoms with Gasteiger partial charge in [0.15, 0.2) is 0 Å². The molecule has 0 aromatic heterocycles. The maximum Gasteiger partial charge on any atom is 0.328 e. The Morgan fingerprint density at radius 1 is 1.08 bits per heavy atom. The molecule has 3 N–H and O–H groups in total. The van der Waals surface area contributed by atoms with Crippen LogP contribution in [0.5, 0.6) is 0 Å². The van der Waals surface area contributed by atoms with Crippen molar-refractivity contribution < 1.29 is 29.0 Å². The molecule has 0 bridgehead atoms. The van der Waals surface area contributed by atoms with E-state index in [1.54, 1.807) is 31.2 Å². The van der Waals surface area contributed by atoms with Crippen molar-refractivity contribution >= 4 is 23.8 Å². The molecular weight excluding hydrogens is 328 g/mol. The molecule has 1 rings (SSSR count). The predicted octanol–water partition coefficient (Wildman–Crippen LogP) is 0.256. The summed E-state index contributed by atoms with van der Waals surface area (Å²) in [4.78, 5) is 46.7. The van der Waals surface area contributed by atoms with Gasteiger partial charge in [-0.25, -0.2) is 4.79 Å². The molecule has 0 fully saturated rings. The smallest absolute Gasteiger partial charge is 0.328 e. The van der Waals surface area contributed by atoms with Crippen LogP contribution in [0.15, 0.2) is 30.3 Å². The standard InChI is InChI=1S/C17H22N2O6/c1-3-14(20)18-12(10-15(21)22)16(23)19-13(17(24)25-2)9-11-7-5-4-6-8-11/h4-8,12-13H,3,9-10H2,1-2H3,(H,18,20)(H,19,23)(H,21,22)/t12-,13-/m0/s1. The minimum atomic E-state index is -1.27. The number of nitrogens with one attached hydrogen (secondary N) is 2. The number of methoxy groups -OCH3 is 1. The van der Waals surface area contributed by atoms with E-state index in [1.165, 1.54) is 7.11 Å². The quantitative estimate of drug-likeness (QED) is 0.549. The first-order chi connectivity index (χ1) is 11.9. The number of carbonyl (C=O) groups excluding carboxylic acids is 3. The normalized spacial score (nSPS) is 12.6. The van der Waals surface area contributed by atoms with Gasteiger partial charge in [-0.1, -0.05) is 37.3 Å². The Hall–Kier alpha value is -2.90. The summed E-state index contributed by atoms with van der Waals surface area (Å²) in [6.07, 6.45) is -0.300. The molecule has 8 nitrogen and oxygen atoms in total. The Kier molecular flexibility index (Phi) is 8.11. The zero-order valence-corrected chi connectivity index (χ0v) is 14.2. The van der Waals surface area contributed by atoms with Crippen LogP contribution in [-0.2, 0) is 30.3 Å². The molecule has 0 heterocycles. The average Bonchev–Trinajstić information content (AvgIpc) is 2.60. The van der Waals surface area contributed by atoms with Crippen molar-refractivity contribution in [1.29, 1.82) is 0 Å². The van der Waals surface area contributed by atoms with Crippen LogP contribution < -0.4 is 10.6 Å². The van der Waals surface area contributed by atoms with Gasteiger partial charge in [-0.3, -0.25) is 14.4 Å². The maximum absolute atomic E-state index is 12.4. The third-order valence-electron chi connectivity index (χ3n) is 3.44. The van der Waals surface area contributed by atoms with Crippen LogP contribution >= 0.6 is 0 Å². The molecular formula is C17H22N2O6. The highest BCUT2D eigenvalue weighted by Gasteiger charge is 2.28. The minimum absolute atomic E-state index is 0.105. The molecule has 0 saturated heterocycles. The van der Waals surface area contributed by atoms with Crippen LogP contribution in [0.25, 0.3) is 0 Å². The largest absolute Gasteiger partial charge is 0.481 e. The van der Waals surface area contributed by atoms with Crippen LogP contribution in [-0.4, -0.2) is 48.1 Å². The van der Waals surface area contributed by atoms with Gasteiger partial charge in [0.1, 0.15) is 12.1 Å². The van der Waals surface area contributed by atoms with E-state index in [-0.39, 0.29) is 12.8 Å². The molecule has 0 aliphatic heterocycles. The lowest BCUT2D eigenvalue weighted by molar-refractivity contribution is -0.145. The van der Waals surface area contributed by atoms with Crippen LogP contribution in [0.3, 0.4) is 0 Å². The second-order valence-electron chi connectivity index (χ2n) is 5.35. The highest BCUT2D eigenvalue weighted by Crippen LogP contribution is 2.06. The highest BCUT2D eigenvalue weighted by molar-refractivity contribution is 5.93. The van der Waals surface area contributed by atoms with Gasteiger partial charge < -0.3 is 20.5 Å². The Balaban J connectivity index is 2.87. The Labute approximate surface area is 145 Å². The van der Waals surface area contributed by atoms with Gasteiger partial charge in [-0.05, 0) is 5.56 Å². The molecule has 136 valence electrons. The summed E-state index contributed by atoms with van der Waals surface area (Å²) in [5.41, 5.74) is 0.797. The van der Waals surface area contributed by atoms with E-state index in [0.717, 1.165) is 5.56 Å². The summed E-state index contributed by atoms with van der Waals surface area (Å²) in [6.45, 7) is 1.58. The first-order valence-corrected chi connectivity index (χ1v) is 7.80. The van der Waals surface area contributed by atoms with Gasteiger partial charge in [0.2, 0.25) is 11.8 Å². The summed E-state index contributed by atoms with van der Waals surface area (Å²) in [7, 11) is 1.19. The molecule has 0 aliphatic rings. The van der Waals surface area contributed by atoms with Crippen molar-refractivity contribution in [3.63, 3.8) is 0 Å². The number of esters is 1. The van der Waals surface area contributed by atoms with Gasteiger partial charge in [0.05, 0.1) is 13.5 Å². The third-order valence-corrected chi connectivity index (χ3v) is 3.44. The molecule has 8 heteroatoms. The number of carboxylic acids is 1. The Morgan fingerprint density at radius 3 is 2.24 bits per heavy atom. The lowest BCUT2D eigenvalue weighted by Crippen LogP contribution is -2.53. The molecule has 25 heavy (non-hydrogen) atoms. The van der Waals surface area contributed by atoms with E-state index in [4.69, 9.17) is 9.84 Å². The summed E-state index contributed by atoms with van der Waals surface area (Å²) in [5.74, 6) is -3.11. The van der Waals surface area contributed by atoms with Gasteiger partial charge in [0, 0.05) is 12.8 Å². The number of amides is 2. The molecule has 1 aromatic rings. The van der Waals surface area contributed by atoms with Crippen molar-refractivity contribution in [1.82, 2.24) is 10.6 Å². The fraction of sp³-hybridized carbons (Fsp3) is 0.412. The Morgan fingerprint density at radius 2 is 1.72 bits per heavy atom. The van der Waals surface area contributed by atoms with Crippen molar-refractivity contribution in [3.05, 3.63) is 35.9 Å². The number of carbonyl (C=O) groups is 4. The summed E-state index contributed by atoms with van der Waals surface area (Å²) in [5, 5.41) is 13.7. The molecule has 2 atom stereocenters. The minimum Gasteiger partial charge on any atom is -0.481 e. The zero-order chi connectivity index (χ0) is 18.8. The highest BCUT2D eigenvalue weighted by atomic mass is 16.5. The lowest BCUT2D eigenvalue weighted by atomic mass is 10.0. The SMILES string of the molecule is CCC(=O)N[C@@H](CC(=O)O)C(=O)N[C@@H](Cc1ccccc1)C(=O)OC. The second-order valence-corrected chi connectivity index (χ2v) is 5.35. The van der Waals surface area contributed by atoms with E-state index in [2.05, 4.69) is 10.6 Å². The van der Waals surface area contributed by atoms with Crippen molar-refractivity contribution in [3.8, 4) is 0 Å². The van der Waals surface area contributed by atoms with Crippen molar-refractivity contribution in [2.45, 2.75) is 38.3 Å². The number of rotatable bonds is 9. The number of hydrogen-bond donors (Lipinski definition) is 3. The lowest BCUT2D eigenvalue weighted by Gasteiger charge is -2.21. The molecule has 0 unspecified atom stereocenters. The van der Waals surface area contributed by atoms with Gasteiger partial charge in [-0.2, -0.15) is 0 Å². The average molecular weight is 350 g/mol. The van der Waals surface area contributed by atoms with Crippen LogP contribution in [0.2, 0.25) is 0 Å². The third kappa shape index (κ3) is 7.03. The Bertz CT molecular complexity index is 617. The predicted molar refractivity (Wildman–Crippen MR) is 88.6 cm³/mol. The van der Waals surface area contributed by atoms with E-state index in [1.807, 2.05) is 6.07 Å². The first kappa shape index (κ1) is 20.1. The number of benzene rings is 1. The van der Waals surface area contributed by atoms with E-state index in [0.29, 0.717) is 0 Å². The zero-order valence-electron chi connectivity index (χ0n) is 14.2. The maximum atomic E-state index is 12.4. The first-order valence-electron chi connectivity index (χ1n) is 7.80. The van der Waals surface area contributed by atoms with Gasteiger partial charge >= 0.3 is 11.9 Å². The van der Waals surface area contributed by atoms with E-state index < -0.39 is 42.3 Å². The molecule has 1 aromatic carbocycles. The van der Waals surface area contributed by atoms with E-state index >= 15 is 0 Å². The summed E-state index contributed by atoms with van der Waals surface area (Å²) in [6, 6.07) is 6.71. The number of hydrogen-bond acceptors (Lipinski definition) is 5. The van der Waals surface area contributed by atoms with E-state index in [9.17, 15) is 19.2 Å². The molecule has 0 saturated carbocycles. The van der Waals surface area contributed by atoms with Crippen LogP contribution in [0.4, 0.5) is 0 Å². The van der Waals surface area contributed by atoms with Crippen LogP contribution in [0.1, 0.15) is 25.3 Å². The van der Waals surface area contributed by atoms with Gasteiger partial charge in [-0.15, -0.1) is 0 Å². The second kappa shape index (κ2) is 10.1. The van der Waals surface area contributed by atoms with Crippen LogP contribution in [0, 0.1) is 0 Å². The molecule has 0 aliphatic carbocycles. The topological polar surface area (TPSA) is 122 Å². The summed E-state index contributed by atoms with van der Waals surface area (Å²) >= 11 is 0. The van der Waals surface area contributed by atoms with Gasteiger partial charge in [0.25, 0.3) is 0 Å². The number of carboxylic acid groups (broad SMARTS) is 1. The van der Waals surface area contributed by atoms with Crippen molar-refractivity contribution in [2.75, 3.05) is 7.11 Å². The number of aliphatic carboxylic acids is 1. The summed E-state index contributed by atoms with van der Waals surface area (Å²) < 4.78 is 4.69. The monoisotopic (exact) mass is 350 g/mol. The number of ether oxygens (including phenoxy) is 1. The molecule has 0 spiro atoms.